The highest BCUT2D eigenvalue weighted by atomic mass is 35.5. The van der Waals surface area contributed by atoms with Crippen molar-refractivity contribution in [1.82, 2.24) is 15.2 Å². The zero-order valence-electron chi connectivity index (χ0n) is 29.6. The Morgan fingerprint density at radius 2 is 1.75 bits per heavy atom. The maximum Gasteiger partial charge on any atom is 0.410 e. The first-order valence-electron chi connectivity index (χ1n) is 16.6. The predicted molar refractivity (Wildman–Crippen MR) is 186 cm³/mol. The lowest BCUT2D eigenvalue weighted by molar-refractivity contribution is -0.124. The van der Waals surface area contributed by atoms with Crippen molar-refractivity contribution < 1.29 is 54.9 Å². The number of hydrogen-bond acceptors (Lipinski definition) is 8. The summed E-state index contributed by atoms with van der Waals surface area (Å²) in [6.45, 7) is 2.29. The van der Waals surface area contributed by atoms with Gasteiger partial charge >= 0.3 is 18.4 Å². The second kappa shape index (κ2) is 18.4. The van der Waals surface area contributed by atoms with Crippen molar-refractivity contribution >= 4 is 35.4 Å². The van der Waals surface area contributed by atoms with Crippen LogP contribution in [0.4, 0.5) is 41.6 Å². The van der Waals surface area contributed by atoms with Crippen LogP contribution in [0.15, 0.2) is 60.0 Å². The molecule has 1 aromatic heterocycles. The molecule has 0 spiro atoms. The van der Waals surface area contributed by atoms with Crippen LogP contribution < -0.4 is 10.6 Å². The molecule has 1 fully saturated rings. The minimum atomic E-state index is -4.67. The Balaban J connectivity index is 1.53. The first-order valence-corrected chi connectivity index (χ1v) is 17.0. The molecule has 0 aliphatic carbocycles. The normalized spacial score (nSPS) is 17.0. The van der Waals surface area contributed by atoms with Gasteiger partial charge in [-0.05, 0) is 74.5 Å². The minimum absolute atomic E-state index is 0.0402. The zero-order chi connectivity index (χ0) is 40.5. The second-order valence-corrected chi connectivity index (χ2v) is 13.8. The molecule has 0 bridgehead atoms. The lowest BCUT2D eigenvalue weighted by Gasteiger charge is -2.39. The van der Waals surface area contributed by atoms with Crippen LogP contribution in [-0.2, 0) is 25.4 Å². The molecule has 4 rings (SSSR count). The third-order valence-electron chi connectivity index (χ3n) is 8.05. The molecule has 3 aromatic rings. The number of carbonyl (C=O) groups is 3. The summed E-state index contributed by atoms with van der Waals surface area (Å²) in [7, 11) is 0. The number of ether oxygens (including phenoxy) is 3. The molecule has 55 heavy (non-hydrogen) atoms. The number of hydrogen-bond donors (Lipinski definition) is 2. The standard InChI is InChI=1S/C35H36ClF6N7O6/c1-34(2,3)55-33(52)49-15-25(53-16-24(49)17-54-32(51)45-18-35(40,41)42)8-9-26-27(39)13-44-14-28(26)46-31(50)30(47-48-43)29(19-4-6-21(36)7-5-19)20-10-22(37)12-23(38)11-20/h4-7,10-14,24-25,29-30H,8-9,15-18H2,1-3H3,(H,45,51)(H,46,50)/t24?,25?,29-,30-/m0/s1. The average molecular weight is 800 g/mol. The summed E-state index contributed by atoms with van der Waals surface area (Å²) in [5.74, 6) is -4.94. The maximum absolute atomic E-state index is 15.3. The molecule has 13 nitrogen and oxygen atoms in total. The number of aromatic nitrogens is 1. The van der Waals surface area contributed by atoms with Gasteiger partial charge < -0.3 is 24.8 Å². The number of amides is 3. The van der Waals surface area contributed by atoms with Gasteiger partial charge in [-0.2, -0.15) is 13.2 Å². The van der Waals surface area contributed by atoms with E-state index in [1.807, 2.05) is 0 Å². The Bertz CT molecular complexity index is 1870. The van der Waals surface area contributed by atoms with Crippen molar-refractivity contribution in [3.05, 3.63) is 104 Å². The molecule has 4 atom stereocenters. The van der Waals surface area contributed by atoms with Gasteiger partial charge in [0.25, 0.3) is 0 Å². The number of rotatable bonds is 12. The zero-order valence-corrected chi connectivity index (χ0v) is 30.3. The molecule has 1 aliphatic rings. The van der Waals surface area contributed by atoms with Crippen LogP contribution in [0.2, 0.25) is 5.02 Å². The predicted octanol–water partition coefficient (Wildman–Crippen LogP) is 7.83. The van der Waals surface area contributed by atoms with Crippen LogP contribution in [0.5, 0.6) is 0 Å². The molecule has 2 unspecified atom stereocenters. The number of carbonyl (C=O) groups excluding carboxylic acids is 3. The Hall–Kier alpha value is -5.26. The molecule has 1 aliphatic heterocycles. The number of benzene rings is 2. The van der Waals surface area contributed by atoms with E-state index in [4.69, 9.17) is 25.8 Å². The number of halogens is 7. The van der Waals surface area contributed by atoms with E-state index < -0.39 is 84.6 Å². The van der Waals surface area contributed by atoms with Crippen molar-refractivity contribution in [2.24, 2.45) is 5.11 Å². The fraction of sp³-hybridized carbons (Fsp3) is 0.429. The van der Waals surface area contributed by atoms with E-state index in [1.54, 1.807) is 26.1 Å². The van der Waals surface area contributed by atoms with Crippen LogP contribution in [-0.4, -0.2) is 84.2 Å². The van der Waals surface area contributed by atoms with Gasteiger partial charge in [0.2, 0.25) is 5.91 Å². The van der Waals surface area contributed by atoms with E-state index in [9.17, 15) is 41.9 Å². The smallest absolute Gasteiger partial charge is 0.410 e. The third-order valence-corrected chi connectivity index (χ3v) is 8.30. The summed E-state index contributed by atoms with van der Waals surface area (Å²) in [6.07, 6.45) is -5.66. The molecule has 20 heteroatoms. The molecular formula is C35H36ClF6N7O6. The van der Waals surface area contributed by atoms with Crippen LogP contribution in [0.25, 0.3) is 10.4 Å². The number of nitrogens with one attached hydrogen (secondary N) is 2. The van der Waals surface area contributed by atoms with Gasteiger partial charge in [0.05, 0.1) is 43.4 Å². The lowest BCUT2D eigenvalue weighted by atomic mass is 9.84. The fourth-order valence-corrected chi connectivity index (χ4v) is 5.78. The summed E-state index contributed by atoms with van der Waals surface area (Å²) in [5, 5.41) is 8.06. The van der Waals surface area contributed by atoms with Gasteiger partial charge in [-0.3, -0.25) is 14.7 Å². The highest BCUT2D eigenvalue weighted by Gasteiger charge is 2.37. The topological polar surface area (TPSA) is 168 Å². The summed E-state index contributed by atoms with van der Waals surface area (Å²) in [5.41, 5.74) is 8.59. The summed E-state index contributed by atoms with van der Waals surface area (Å²) in [4.78, 5) is 46.7. The van der Waals surface area contributed by atoms with Gasteiger partial charge in [0, 0.05) is 27.5 Å². The molecule has 296 valence electrons. The number of azide groups is 1. The van der Waals surface area contributed by atoms with Gasteiger partial charge in [0.15, 0.2) is 0 Å². The van der Waals surface area contributed by atoms with Crippen molar-refractivity contribution in [2.45, 2.75) is 69.5 Å². The monoisotopic (exact) mass is 799 g/mol. The van der Waals surface area contributed by atoms with Gasteiger partial charge in [-0.25, -0.2) is 22.8 Å². The van der Waals surface area contributed by atoms with Crippen molar-refractivity contribution in [2.75, 3.05) is 31.6 Å². The van der Waals surface area contributed by atoms with Crippen molar-refractivity contribution in [1.29, 1.82) is 0 Å². The first kappa shape index (κ1) is 42.5. The van der Waals surface area contributed by atoms with Crippen LogP contribution in [0, 0.1) is 17.5 Å². The van der Waals surface area contributed by atoms with Gasteiger partial charge in [0.1, 0.15) is 42.2 Å². The highest BCUT2D eigenvalue weighted by molar-refractivity contribution is 6.30. The molecule has 0 radical (unpaired) electrons. The van der Waals surface area contributed by atoms with E-state index in [0.29, 0.717) is 16.7 Å². The van der Waals surface area contributed by atoms with E-state index in [-0.39, 0.29) is 42.8 Å². The van der Waals surface area contributed by atoms with E-state index >= 15 is 4.39 Å². The van der Waals surface area contributed by atoms with Gasteiger partial charge in [-0.15, -0.1) is 0 Å². The number of nitrogens with zero attached hydrogens (tertiary/aromatic N) is 5. The number of alkyl carbamates (subject to hydrolysis) is 1. The van der Waals surface area contributed by atoms with E-state index in [0.717, 1.165) is 24.5 Å². The Morgan fingerprint density at radius 3 is 2.36 bits per heavy atom. The SMILES string of the molecule is CC(C)(C)OC(=O)N1CC(CCc2c(F)cncc2NC(=O)[C@@H](N=[N+]=[N-])[C@@H](c2ccc(Cl)cc2)c2cc(F)cc(F)c2)OCC1COC(=O)NCC(F)(F)F. The van der Waals surface area contributed by atoms with E-state index in [2.05, 4.69) is 20.3 Å². The highest BCUT2D eigenvalue weighted by Crippen LogP contribution is 2.34. The van der Waals surface area contributed by atoms with Crippen LogP contribution in [0.3, 0.4) is 0 Å². The minimum Gasteiger partial charge on any atom is -0.447 e. The largest absolute Gasteiger partial charge is 0.447 e. The van der Waals surface area contributed by atoms with Crippen molar-refractivity contribution in [3.63, 3.8) is 0 Å². The average Bonchev–Trinajstić information content (AvgIpc) is 3.09. The number of morpholine rings is 1. The van der Waals surface area contributed by atoms with Crippen LogP contribution in [0.1, 0.15) is 49.8 Å². The Morgan fingerprint density at radius 1 is 1.07 bits per heavy atom. The molecule has 0 saturated carbocycles. The summed E-state index contributed by atoms with van der Waals surface area (Å²) >= 11 is 6.04. The van der Waals surface area contributed by atoms with E-state index in [1.165, 1.54) is 29.2 Å². The molecule has 1 saturated heterocycles. The Kier molecular flexibility index (Phi) is 14.2. The Labute approximate surface area is 315 Å². The number of alkyl halides is 3. The third kappa shape index (κ3) is 12.7. The van der Waals surface area contributed by atoms with Gasteiger partial charge in [-0.1, -0.05) is 28.8 Å². The van der Waals surface area contributed by atoms with Crippen molar-refractivity contribution in [3.8, 4) is 0 Å². The number of pyridine rings is 1. The lowest BCUT2D eigenvalue weighted by Crippen LogP contribution is -2.55. The quantitative estimate of drug-likeness (QED) is 0.0815. The first-order chi connectivity index (χ1) is 25.8. The fourth-order valence-electron chi connectivity index (χ4n) is 5.65. The number of anilines is 1. The molecular weight excluding hydrogens is 764 g/mol. The second-order valence-electron chi connectivity index (χ2n) is 13.4. The summed E-state index contributed by atoms with van der Waals surface area (Å²) in [6, 6.07) is 5.90. The molecule has 2 heterocycles. The summed E-state index contributed by atoms with van der Waals surface area (Å²) < 4.78 is 97.8. The molecule has 3 amide bonds. The maximum atomic E-state index is 15.3. The van der Waals surface area contributed by atoms with Crippen LogP contribution >= 0.6 is 11.6 Å². The molecule has 2 aromatic carbocycles. The molecule has 2 N–H and O–H groups in total.